The van der Waals surface area contributed by atoms with Gasteiger partial charge < -0.3 is 14.8 Å². The molecule has 0 saturated carbocycles. The first-order valence-corrected chi connectivity index (χ1v) is 7.00. The Labute approximate surface area is 115 Å². The quantitative estimate of drug-likeness (QED) is 0.796. The topological polar surface area (TPSA) is 75.4 Å². The van der Waals surface area contributed by atoms with Crippen molar-refractivity contribution in [1.82, 2.24) is 10.3 Å². The maximum atomic E-state index is 11.8. The van der Waals surface area contributed by atoms with Crippen LogP contribution in [0.15, 0.2) is 28.2 Å². The predicted octanol–water partition coefficient (Wildman–Crippen LogP) is 2.29. The molecule has 2 aromatic heterocycles. The minimum absolute atomic E-state index is 0.195. The van der Waals surface area contributed by atoms with Gasteiger partial charge in [-0.2, -0.15) is 0 Å². The number of furan rings is 1. The third-order valence-electron chi connectivity index (χ3n) is 2.55. The van der Waals surface area contributed by atoms with Crippen LogP contribution in [0.3, 0.4) is 0 Å². The third-order valence-corrected chi connectivity index (χ3v) is 3.41. The summed E-state index contributed by atoms with van der Waals surface area (Å²) in [7, 11) is 0. The number of nitrogens with zero attached hydrogens (tertiary/aromatic N) is 1. The molecule has 0 spiro atoms. The van der Waals surface area contributed by atoms with Crippen LogP contribution in [0.25, 0.3) is 10.8 Å². The molecule has 102 valence electrons. The molecule has 1 atom stereocenters. The highest BCUT2D eigenvalue weighted by Crippen LogP contribution is 2.23. The van der Waals surface area contributed by atoms with Crippen LogP contribution in [0, 0.1) is 0 Å². The monoisotopic (exact) mass is 280 g/mol. The van der Waals surface area contributed by atoms with Crippen molar-refractivity contribution in [1.29, 1.82) is 0 Å². The summed E-state index contributed by atoms with van der Waals surface area (Å²) in [4.78, 5) is 16.0. The van der Waals surface area contributed by atoms with Crippen LogP contribution in [0.2, 0.25) is 0 Å². The lowest BCUT2D eigenvalue weighted by atomic mass is 10.2. The smallest absolute Gasteiger partial charge is 0.270 e. The van der Waals surface area contributed by atoms with Crippen molar-refractivity contribution in [2.24, 2.45) is 0 Å². The number of rotatable bonds is 6. The van der Waals surface area contributed by atoms with Gasteiger partial charge in [0, 0.05) is 11.9 Å². The average molecular weight is 280 g/mol. The molecule has 2 aromatic rings. The maximum absolute atomic E-state index is 11.8. The van der Waals surface area contributed by atoms with E-state index >= 15 is 0 Å². The first-order valence-electron chi connectivity index (χ1n) is 6.12. The van der Waals surface area contributed by atoms with E-state index in [1.54, 1.807) is 24.6 Å². The standard InChI is InChI=1S/C13H16N2O3S/c1-9(16)4-2-6-14-12(17)10-8-19-13(15-10)11-5-3-7-18-11/h3,5,7-9,16H,2,4,6H2,1H3,(H,14,17). The molecule has 19 heavy (non-hydrogen) atoms. The molecule has 0 aliphatic heterocycles. The first-order chi connectivity index (χ1) is 9.16. The molecule has 1 unspecified atom stereocenters. The SMILES string of the molecule is CC(O)CCCNC(=O)c1csc(-c2ccco2)n1. The van der Waals surface area contributed by atoms with Crippen molar-refractivity contribution in [3.63, 3.8) is 0 Å². The second-order valence-corrected chi connectivity index (χ2v) is 5.12. The predicted molar refractivity (Wildman–Crippen MR) is 73.1 cm³/mol. The molecular weight excluding hydrogens is 264 g/mol. The molecule has 2 heterocycles. The summed E-state index contributed by atoms with van der Waals surface area (Å²) < 4.78 is 5.23. The molecule has 0 bridgehead atoms. The van der Waals surface area contributed by atoms with Crippen LogP contribution < -0.4 is 5.32 Å². The molecule has 0 radical (unpaired) electrons. The van der Waals surface area contributed by atoms with Crippen molar-refractivity contribution in [2.45, 2.75) is 25.9 Å². The van der Waals surface area contributed by atoms with Gasteiger partial charge in [-0.05, 0) is 31.9 Å². The Balaban J connectivity index is 1.86. The van der Waals surface area contributed by atoms with Crippen LogP contribution in [-0.4, -0.2) is 28.6 Å². The molecule has 6 heteroatoms. The molecule has 2 N–H and O–H groups in total. The fourth-order valence-corrected chi connectivity index (χ4v) is 2.35. The van der Waals surface area contributed by atoms with E-state index in [0.717, 1.165) is 6.42 Å². The summed E-state index contributed by atoms with van der Waals surface area (Å²) in [6.45, 7) is 2.27. The molecule has 2 rings (SSSR count). The third kappa shape index (κ3) is 3.90. The van der Waals surface area contributed by atoms with E-state index in [1.165, 1.54) is 11.3 Å². The van der Waals surface area contributed by atoms with Gasteiger partial charge in [-0.25, -0.2) is 4.98 Å². The van der Waals surface area contributed by atoms with Crippen molar-refractivity contribution in [3.05, 3.63) is 29.5 Å². The molecule has 0 aliphatic carbocycles. The molecule has 5 nitrogen and oxygen atoms in total. The summed E-state index contributed by atoms with van der Waals surface area (Å²) in [6.07, 6.45) is 2.67. The summed E-state index contributed by atoms with van der Waals surface area (Å²) in [6, 6.07) is 3.59. The number of nitrogens with one attached hydrogen (secondary N) is 1. The lowest BCUT2D eigenvalue weighted by molar-refractivity contribution is 0.0945. The van der Waals surface area contributed by atoms with E-state index < -0.39 is 0 Å². The zero-order valence-electron chi connectivity index (χ0n) is 10.6. The zero-order chi connectivity index (χ0) is 13.7. The van der Waals surface area contributed by atoms with E-state index in [1.807, 2.05) is 6.07 Å². The first kappa shape index (κ1) is 13.8. The maximum Gasteiger partial charge on any atom is 0.270 e. The van der Waals surface area contributed by atoms with E-state index in [0.29, 0.717) is 29.4 Å². The van der Waals surface area contributed by atoms with Gasteiger partial charge in [0.25, 0.3) is 5.91 Å². The van der Waals surface area contributed by atoms with Crippen LogP contribution in [-0.2, 0) is 0 Å². The summed E-state index contributed by atoms with van der Waals surface area (Å²) in [5, 5.41) is 14.3. The Hall–Kier alpha value is -1.66. The van der Waals surface area contributed by atoms with Crippen LogP contribution in [0.1, 0.15) is 30.3 Å². The number of aromatic nitrogens is 1. The van der Waals surface area contributed by atoms with Crippen LogP contribution in [0.4, 0.5) is 0 Å². The summed E-state index contributed by atoms with van der Waals surface area (Å²) in [5.74, 6) is 0.470. The van der Waals surface area contributed by atoms with Gasteiger partial charge >= 0.3 is 0 Å². The summed E-state index contributed by atoms with van der Waals surface area (Å²) in [5.41, 5.74) is 0.397. The Morgan fingerprint density at radius 3 is 3.16 bits per heavy atom. The number of carbonyl (C=O) groups excluding carboxylic acids is 1. The Morgan fingerprint density at radius 2 is 2.47 bits per heavy atom. The number of hydrogen-bond acceptors (Lipinski definition) is 5. The van der Waals surface area contributed by atoms with Gasteiger partial charge in [-0.3, -0.25) is 4.79 Å². The molecule has 0 fully saturated rings. The fraction of sp³-hybridized carbons (Fsp3) is 0.385. The number of amides is 1. The second kappa shape index (κ2) is 6.49. The molecular formula is C13H16N2O3S. The number of carbonyl (C=O) groups is 1. The van der Waals surface area contributed by atoms with Crippen LogP contribution >= 0.6 is 11.3 Å². The second-order valence-electron chi connectivity index (χ2n) is 4.26. The van der Waals surface area contributed by atoms with E-state index in [-0.39, 0.29) is 12.0 Å². The Bertz CT molecular complexity index is 520. The van der Waals surface area contributed by atoms with E-state index in [9.17, 15) is 4.79 Å². The van der Waals surface area contributed by atoms with Gasteiger partial charge in [0.05, 0.1) is 12.4 Å². The zero-order valence-corrected chi connectivity index (χ0v) is 11.4. The fourth-order valence-electron chi connectivity index (χ4n) is 1.58. The molecule has 0 aliphatic rings. The van der Waals surface area contributed by atoms with Crippen LogP contribution in [0.5, 0.6) is 0 Å². The molecule has 0 saturated heterocycles. The van der Waals surface area contributed by atoms with Gasteiger partial charge in [0.2, 0.25) is 0 Å². The molecule has 1 amide bonds. The van der Waals surface area contributed by atoms with Gasteiger partial charge in [-0.1, -0.05) is 0 Å². The number of aliphatic hydroxyl groups is 1. The normalized spacial score (nSPS) is 12.3. The van der Waals surface area contributed by atoms with Crippen molar-refractivity contribution < 1.29 is 14.3 Å². The van der Waals surface area contributed by atoms with Crippen molar-refractivity contribution in [2.75, 3.05) is 6.54 Å². The van der Waals surface area contributed by atoms with E-state index in [2.05, 4.69) is 10.3 Å². The average Bonchev–Trinajstić information content (AvgIpc) is 3.03. The Kier molecular flexibility index (Phi) is 4.70. The summed E-state index contributed by atoms with van der Waals surface area (Å²) >= 11 is 1.37. The highest BCUT2D eigenvalue weighted by Gasteiger charge is 2.12. The number of hydrogen-bond donors (Lipinski definition) is 2. The van der Waals surface area contributed by atoms with Gasteiger partial charge in [0.1, 0.15) is 5.69 Å². The highest BCUT2D eigenvalue weighted by atomic mass is 32.1. The number of thiazole rings is 1. The lowest BCUT2D eigenvalue weighted by Crippen LogP contribution is -2.25. The molecule has 0 aromatic carbocycles. The minimum Gasteiger partial charge on any atom is -0.462 e. The Morgan fingerprint density at radius 1 is 1.63 bits per heavy atom. The minimum atomic E-state index is -0.332. The lowest BCUT2D eigenvalue weighted by Gasteiger charge is -2.04. The van der Waals surface area contributed by atoms with E-state index in [4.69, 9.17) is 9.52 Å². The van der Waals surface area contributed by atoms with Gasteiger partial charge in [0.15, 0.2) is 10.8 Å². The van der Waals surface area contributed by atoms with Crippen molar-refractivity contribution in [3.8, 4) is 10.8 Å². The largest absolute Gasteiger partial charge is 0.462 e. The number of aliphatic hydroxyl groups excluding tert-OH is 1. The highest BCUT2D eigenvalue weighted by molar-refractivity contribution is 7.13. The van der Waals surface area contributed by atoms with Crippen molar-refractivity contribution >= 4 is 17.2 Å². The van der Waals surface area contributed by atoms with Gasteiger partial charge in [-0.15, -0.1) is 11.3 Å².